The van der Waals surface area contributed by atoms with Crippen LogP contribution in [0.25, 0.3) is 21.1 Å². The van der Waals surface area contributed by atoms with Crippen molar-refractivity contribution in [3.63, 3.8) is 0 Å². The third-order valence-corrected chi connectivity index (χ3v) is 6.15. The Morgan fingerprint density at radius 3 is 2.71 bits per heavy atom. The van der Waals surface area contributed by atoms with Crippen LogP contribution in [0.15, 0.2) is 18.2 Å². The van der Waals surface area contributed by atoms with Crippen molar-refractivity contribution in [1.82, 2.24) is 9.88 Å². The Morgan fingerprint density at radius 1 is 1.21 bits per heavy atom. The molecular formula is C19H21N3OS. The van der Waals surface area contributed by atoms with E-state index in [1.807, 2.05) is 4.90 Å². The van der Waals surface area contributed by atoms with Gasteiger partial charge >= 0.3 is 0 Å². The van der Waals surface area contributed by atoms with E-state index in [0.29, 0.717) is 10.6 Å². The van der Waals surface area contributed by atoms with Crippen LogP contribution in [0.1, 0.15) is 40.1 Å². The summed E-state index contributed by atoms with van der Waals surface area (Å²) in [5.74, 6) is 0.0622. The molecule has 24 heavy (non-hydrogen) atoms. The number of aromatic nitrogens is 1. The first-order valence-electron chi connectivity index (χ1n) is 8.44. The number of likely N-dealkylation sites (tertiary alicyclic amines) is 1. The lowest BCUT2D eigenvalue weighted by Crippen LogP contribution is -2.35. The fourth-order valence-corrected chi connectivity index (χ4v) is 4.46. The molecule has 3 heterocycles. The normalized spacial score (nSPS) is 15.3. The summed E-state index contributed by atoms with van der Waals surface area (Å²) in [7, 11) is 0. The number of carbonyl (C=O) groups is 1. The Balaban J connectivity index is 1.86. The maximum atomic E-state index is 12.8. The molecular weight excluding hydrogens is 318 g/mol. The Kier molecular flexibility index (Phi) is 3.68. The molecule has 1 aromatic carbocycles. The number of amides is 1. The van der Waals surface area contributed by atoms with Crippen LogP contribution in [0.4, 0.5) is 5.69 Å². The van der Waals surface area contributed by atoms with Gasteiger partial charge in [-0.3, -0.25) is 4.79 Å². The van der Waals surface area contributed by atoms with Gasteiger partial charge in [0.25, 0.3) is 5.91 Å². The number of aryl methyl sites for hydroxylation is 2. The summed E-state index contributed by atoms with van der Waals surface area (Å²) < 4.78 is 0. The van der Waals surface area contributed by atoms with Crippen LogP contribution in [-0.4, -0.2) is 28.9 Å². The molecule has 0 bridgehead atoms. The second-order valence-electron chi connectivity index (χ2n) is 6.62. The van der Waals surface area contributed by atoms with Crippen LogP contribution in [0.2, 0.25) is 0 Å². The highest BCUT2D eigenvalue weighted by atomic mass is 32.1. The number of carbonyl (C=O) groups excluding carboxylic acids is 1. The maximum absolute atomic E-state index is 12.8. The maximum Gasteiger partial charge on any atom is 0.266 e. The highest BCUT2D eigenvalue weighted by molar-refractivity contribution is 7.21. The number of pyridine rings is 1. The monoisotopic (exact) mass is 339 g/mol. The number of hydrogen-bond donors (Lipinski definition) is 1. The Bertz CT molecular complexity index is 954. The van der Waals surface area contributed by atoms with Crippen molar-refractivity contribution in [3.05, 3.63) is 34.2 Å². The SMILES string of the molecule is Cc1ccc2cc3c(N)c(C(=O)N4CCCCC4)sc3nc2c1C. The van der Waals surface area contributed by atoms with E-state index in [9.17, 15) is 4.79 Å². The average molecular weight is 339 g/mol. The van der Waals surface area contributed by atoms with Crippen LogP contribution in [0, 0.1) is 13.8 Å². The summed E-state index contributed by atoms with van der Waals surface area (Å²) >= 11 is 1.43. The van der Waals surface area contributed by atoms with E-state index < -0.39 is 0 Å². The number of rotatable bonds is 1. The fraction of sp³-hybridized carbons (Fsp3) is 0.368. The predicted octanol–water partition coefficient (Wildman–Crippen LogP) is 4.27. The molecule has 1 saturated heterocycles. The van der Waals surface area contributed by atoms with Gasteiger partial charge in [-0.1, -0.05) is 12.1 Å². The number of nitrogen functional groups attached to an aromatic ring is 1. The number of anilines is 1. The zero-order valence-corrected chi connectivity index (χ0v) is 14.9. The summed E-state index contributed by atoms with van der Waals surface area (Å²) in [4.78, 5) is 21.1. The van der Waals surface area contributed by atoms with Crippen LogP contribution in [0.3, 0.4) is 0 Å². The van der Waals surface area contributed by atoms with Crippen molar-refractivity contribution >= 4 is 44.1 Å². The molecule has 2 N–H and O–H groups in total. The molecule has 0 radical (unpaired) electrons. The van der Waals surface area contributed by atoms with Gasteiger partial charge in [-0.15, -0.1) is 11.3 Å². The number of piperidine rings is 1. The van der Waals surface area contributed by atoms with E-state index in [0.717, 1.165) is 47.1 Å². The molecule has 0 spiro atoms. The molecule has 124 valence electrons. The first-order valence-corrected chi connectivity index (χ1v) is 9.26. The predicted molar refractivity (Wildman–Crippen MR) is 101 cm³/mol. The molecule has 0 unspecified atom stereocenters. The summed E-state index contributed by atoms with van der Waals surface area (Å²) in [5, 5.41) is 1.98. The molecule has 5 heteroatoms. The first kappa shape index (κ1) is 15.4. The second kappa shape index (κ2) is 5.74. The van der Waals surface area contributed by atoms with Gasteiger partial charge in [-0.25, -0.2) is 4.98 Å². The molecule has 0 aliphatic carbocycles. The van der Waals surface area contributed by atoms with Crippen LogP contribution >= 0.6 is 11.3 Å². The molecule has 0 atom stereocenters. The minimum absolute atomic E-state index is 0.0622. The lowest BCUT2D eigenvalue weighted by Gasteiger charge is -2.26. The second-order valence-corrected chi connectivity index (χ2v) is 7.62. The number of nitrogens with zero attached hydrogens (tertiary/aromatic N) is 2. The van der Waals surface area contributed by atoms with E-state index in [-0.39, 0.29) is 5.91 Å². The minimum atomic E-state index is 0.0622. The average Bonchev–Trinajstić information content (AvgIpc) is 2.93. The van der Waals surface area contributed by atoms with Crippen molar-refractivity contribution in [2.75, 3.05) is 18.8 Å². The summed E-state index contributed by atoms with van der Waals surface area (Å²) in [6.45, 7) is 5.85. The zero-order valence-electron chi connectivity index (χ0n) is 14.1. The standard InChI is InChI=1S/C19H21N3OS/c1-11-6-7-13-10-14-15(20)17(19(23)22-8-4-3-5-9-22)24-18(14)21-16(13)12(11)2/h6-7,10H,3-5,8-9,20H2,1-2H3. The van der Waals surface area contributed by atoms with Gasteiger partial charge in [-0.05, 0) is 50.3 Å². The quantitative estimate of drug-likeness (QED) is 0.720. The number of hydrogen-bond acceptors (Lipinski definition) is 4. The molecule has 4 rings (SSSR count). The van der Waals surface area contributed by atoms with E-state index >= 15 is 0 Å². The van der Waals surface area contributed by atoms with E-state index in [4.69, 9.17) is 10.7 Å². The molecule has 1 aliphatic heterocycles. The fourth-order valence-electron chi connectivity index (χ4n) is 3.41. The number of thiophene rings is 1. The van der Waals surface area contributed by atoms with E-state index in [1.165, 1.54) is 28.9 Å². The van der Waals surface area contributed by atoms with Crippen molar-refractivity contribution in [3.8, 4) is 0 Å². The Morgan fingerprint density at radius 2 is 1.96 bits per heavy atom. The van der Waals surface area contributed by atoms with Gasteiger partial charge in [0.2, 0.25) is 0 Å². The van der Waals surface area contributed by atoms with Gasteiger partial charge in [0, 0.05) is 23.9 Å². The summed E-state index contributed by atoms with van der Waals surface area (Å²) in [6, 6.07) is 6.25. The van der Waals surface area contributed by atoms with E-state index in [2.05, 4.69) is 32.0 Å². The van der Waals surface area contributed by atoms with Crippen LogP contribution in [0.5, 0.6) is 0 Å². The lowest BCUT2D eigenvalue weighted by atomic mass is 10.0. The van der Waals surface area contributed by atoms with Gasteiger partial charge in [-0.2, -0.15) is 0 Å². The van der Waals surface area contributed by atoms with Gasteiger partial charge < -0.3 is 10.6 Å². The Hall–Kier alpha value is -2.14. The summed E-state index contributed by atoms with van der Waals surface area (Å²) in [5.41, 5.74) is 10.3. The molecule has 2 aromatic heterocycles. The lowest BCUT2D eigenvalue weighted by molar-refractivity contribution is 0.0730. The van der Waals surface area contributed by atoms with E-state index in [1.54, 1.807) is 0 Å². The minimum Gasteiger partial charge on any atom is -0.397 e. The molecule has 1 amide bonds. The zero-order chi connectivity index (χ0) is 16.8. The topological polar surface area (TPSA) is 59.2 Å². The third-order valence-electron chi connectivity index (χ3n) is 5.05. The molecule has 4 nitrogen and oxygen atoms in total. The van der Waals surface area contributed by atoms with Gasteiger partial charge in [0.1, 0.15) is 9.71 Å². The third kappa shape index (κ3) is 2.35. The summed E-state index contributed by atoms with van der Waals surface area (Å²) in [6.07, 6.45) is 3.37. The van der Waals surface area contributed by atoms with Crippen molar-refractivity contribution in [2.45, 2.75) is 33.1 Å². The number of fused-ring (bicyclic) bond motifs is 2. The van der Waals surface area contributed by atoms with Crippen LogP contribution < -0.4 is 5.73 Å². The van der Waals surface area contributed by atoms with Gasteiger partial charge in [0.05, 0.1) is 11.2 Å². The molecule has 1 aliphatic rings. The smallest absolute Gasteiger partial charge is 0.266 e. The largest absolute Gasteiger partial charge is 0.397 e. The number of benzene rings is 1. The Labute approximate surface area is 145 Å². The van der Waals surface area contributed by atoms with Crippen molar-refractivity contribution < 1.29 is 4.79 Å². The molecule has 1 fully saturated rings. The first-order chi connectivity index (χ1) is 11.6. The molecule has 3 aromatic rings. The van der Waals surface area contributed by atoms with Crippen molar-refractivity contribution in [2.24, 2.45) is 0 Å². The van der Waals surface area contributed by atoms with Crippen LogP contribution in [-0.2, 0) is 0 Å². The highest BCUT2D eigenvalue weighted by Crippen LogP contribution is 2.36. The highest BCUT2D eigenvalue weighted by Gasteiger charge is 2.24. The number of nitrogens with two attached hydrogens (primary N) is 1. The van der Waals surface area contributed by atoms with Gasteiger partial charge in [0.15, 0.2) is 0 Å². The van der Waals surface area contributed by atoms with Crippen molar-refractivity contribution in [1.29, 1.82) is 0 Å². The molecule has 0 saturated carbocycles.